The maximum absolute atomic E-state index is 12.4. The Hall–Kier alpha value is -7.94. The molecule has 0 radical (unpaired) electrons. The van der Waals surface area contributed by atoms with Gasteiger partial charge in [0, 0.05) is 86.0 Å². The molecule has 6 heterocycles. The lowest BCUT2D eigenvalue weighted by atomic mass is 10.1. The first-order chi connectivity index (χ1) is 32.9. The molecule has 0 saturated carbocycles. The van der Waals surface area contributed by atoms with Crippen molar-refractivity contribution < 1.29 is 14.9 Å². The first-order valence-electron chi connectivity index (χ1n) is 22.2. The van der Waals surface area contributed by atoms with Crippen molar-refractivity contribution in [1.82, 2.24) is 50.0 Å². The molecule has 0 aliphatic rings. The highest BCUT2D eigenvalue weighted by Crippen LogP contribution is 2.31. The molecule has 68 heavy (non-hydrogen) atoms. The van der Waals surface area contributed by atoms with Gasteiger partial charge in [-0.2, -0.15) is 5.26 Å². The minimum atomic E-state index is -0.989. The van der Waals surface area contributed by atoms with Crippen LogP contribution >= 0.6 is 0 Å². The summed E-state index contributed by atoms with van der Waals surface area (Å²) in [5.41, 5.74) is 14.4. The number of nitriles is 1. The van der Waals surface area contributed by atoms with E-state index in [9.17, 15) is 19.2 Å². The van der Waals surface area contributed by atoms with Crippen LogP contribution in [0.3, 0.4) is 0 Å². The summed E-state index contributed by atoms with van der Waals surface area (Å²) in [5, 5.41) is 24.0. The zero-order chi connectivity index (χ0) is 48.4. The molecular formula is C51H55FN12O4. The number of nitrogen functional groups attached to an aromatic ring is 1. The van der Waals surface area contributed by atoms with Gasteiger partial charge in [-0.3, -0.25) is 19.1 Å². The largest absolute Gasteiger partial charge is 0.382 e. The second-order valence-corrected chi connectivity index (χ2v) is 16.6. The number of benzene rings is 2. The molecule has 0 spiro atoms. The van der Waals surface area contributed by atoms with Gasteiger partial charge in [0.05, 0.1) is 35.5 Å². The van der Waals surface area contributed by atoms with E-state index in [1.165, 1.54) is 16.2 Å². The quantitative estimate of drug-likeness (QED) is 0.0771. The Morgan fingerprint density at radius 2 is 1.28 bits per heavy atom. The third kappa shape index (κ3) is 11.0. The molecule has 0 fully saturated rings. The molecule has 0 amide bonds. The minimum absolute atomic E-state index is 0. The van der Waals surface area contributed by atoms with E-state index in [4.69, 9.17) is 19.8 Å². The number of hydrogen-bond donors (Lipinski definition) is 3. The summed E-state index contributed by atoms with van der Waals surface area (Å²) >= 11 is 0. The minimum Gasteiger partial charge on any atom is -0.382 e. The Kier molecular flexibility index (Phi) is 15.2. The Labute approximate surface area is 394 Å². The molecular weight excluding hydrogens is 864 g/mol. The van der Waals surface area contributed by atoms with Gasteiger partial charge < -0.3 is 30.0 Å². The normalized spacial score (nSPS) is 11.3. The van der Waals surface area contributed by atoms with Crippen LogP contribution in [-0.2, 0) is 18.6 Å². The summed E-state index contributed by atoms with van der Waals surface area (Å²) in [6.07, 6.45) is 8.39. The third-order valence-corrected chi connectivity index (χ3v) is 11.4. The molecule has 0 unspecified atom stereocenters. The van der Waals surface area contributed by atoms with Crippen LogP contribution in [-0.4, -0.2) is 59.7 Å². The predicted molar refractivity (Wildman–Crippen MR) is 262 cm³/mol. The van der Waals surface area contributed by atoms with Crippen molar-refractivity contribution in [2.45, 2.75) is 72.1 Å². The fraction of sp³-hybridized carbons (Fsp3) is 0.275. The van der Waals surface area contributed by atoms with Gasteiger partial charge >= 0.3 is 0 Å². The average Bonchev–Trinajstić information content (AvgIpc) is 4.06. The van der Waals surface area contributed by atoms with Crippen molar-refractivity contribution in [1.29, 1.82) is 5.26 Å². The van der Waals surface area contributed by atoms with Gasteiger partial charge in [-0.05, 0) is 63.9 Å². The highest BCUT2D eigenvalue weighted by Gasteiger charge is 2.22. The Bertz CT molecular complexity index is 3150. The van der Waals surface area contributed by atoms with Crippen molar-refractivity contribution in [3.8, 4) is 74.0 Å². The predicted octanol–water partition coefficient (Wildman–Crippen LogP) is 8.79. The first-order valence-corrected chi connectivity index (χ1v) is 22.2. The molecule has 0 aliphatic heterocycles. The van der Waals surface area contributed by atoms with E-state index in [1.807, 2.05) is 74.8 Å². The summed E-state index contributed by atoms with van der Waals surface area (Å²) in [4.78, 5) is 42.9. The van der Waals surface area contributed by atoms with E-state index in [1.54, 1.807) is 61.3 Å². The molecule has 2 aromatic carbocycles. The Balaban J connectivity index is 0.000000224. The number of hydrogen-bond acceptors (Lipinski definition) is 14. The van der Waals surface area contributed by atoms with Crippen LogP contribution in [0.2, 0.25) is 0 Å². The van der Waals surface area contributed by atoms with Crippen LogP contribution in [0.25, 0.3) is 67.9 Å². The summed E-state index contributed by atoms with van der Waals surface area (Å²) in [7, 11) is 1.91. The molecule has 0 atom stereocenters. The van der Waals surface area contributed by atoms with E-state index in [-0.39, 0.29) is 24.4 Å². The van der Waals surface area contributed by atoms with Gasteiger partial charge in [-0.1, -0.05) is 72.7 Å². The number of anilines is 1. The molecule has 350 valence electrons. The smallest absolute Gasteiger partial charge is 0.251 e. The van der Waals surface area contributed by atoms with E-state index < -0.39 is 12.2 Å². The number of nitrogens with two attached hydrogens (primary N) is 1. The maximum atomic E-state index is 12.4. The summed E-state index contributed by atoms with van der Waals surface area (Å²) in [5.74, 6) is 1.12. The summed E-state index contributed by atoms with van der Waals surface area (Å²) in [6.45, 7) is 10.7. The second-order valence-electron chi connectivity index (χ2n) is 16.6. The van der Waals surface area contributed by atoms with Gasteiger partial charge in [-0.25, -0.2) is 19.3 Å². The number of rotatable bonds is 16. The van der Waals surface area contributed by atoms with E-state index in [0.717, 1.165) is 41.6 Å². The number of aromatic nitrogens is 8. The van der Waals surface area contributed by atoms with Crippen molar-refractivity contribution >= 4 is 5.82 Å². The SMILES string of the molecule is CCC(CC)n1cc(-c2cnc(N)c(-c3cc(-c4ccc(CNCCF)cc4)no3)n2)ccc1=O.CNCc1ccc(-c2cc(-c3nc(-c4ccc(=O)n(C(C)(C)C#N)c4)cnc3C)on2)cc1.[HH]. The van der Waals surface area contributed by atoms with Crippen LogP contribution in [0.15, 0.2) is 128 Å². The van der Waals surface area contributed by atoms with E-state index in [0.29, 0.717) is 70.0 Å². The van der Waals surface area contributed by atoms with Crippen molar-refractivity contribution in [3.05, 3.63) is 147 Å². The van der Waals surface area contributed by atoms with Gasteiger partial charge in [-0.15, -0.1) is 0 Å². The molecule has 0 saturated heterocycles. The third-order valence-electron chi connectivity index (χ3n) is 11.4. The van der Waals surface area contributed by atoms with E-state index in [2.05, 4.69) is 55.8 Å². The average molecular weight is 919 g/mol. The number of halogens is 1. The lowest BCUT2D eigenvalue weighted by molar-refractivity contribution is 0.433. The summed E-state index contributed by atoms with van der Waals surface area (Å²) < 4.78 is 26.6. The topological polar surface area (TPSA) is 221 Å². The van der Waals surface area contributed by atoms with Crippen LogP contribution in [0.4, 0.5) is 10.2 Å². The molecule has 8 aromatic rings. The second kappa shape index (κ2) is 21.6. The molecule has 8 rings (SSSR count). The fourth-order valence-electron chi connectivity index (χ4n) is 7.43. The number of nitrogens with one attached hydrogen (secondary N) is 2. The molecule has 0 aliphatic carbocycles. The zero-order valence-electron chi connectivity index (χ0n) is 38.8. The zero-order valence-corrected chi connectivity index (χ0v) is 38.8. The highest BCUT2D eigenvalue weighted by molar-refractivity contribution is 5.73. The molecule has 16 nitrogen and oxygen atoms in total. The number of pyridine rings is 2. The van der Waals surface area contributed by atoms with Crippen molar-refractivity contribution in [2.75, 3.05) is 26.0 Å². The monoisotopic (exact) mass is 918 g/mol. The number of aryl methyl sites for hydroxylation is 1. The Morgan fingerprint density at radius 3 is 1.85 bits per heavy atom. The molecule has 17 heteroatoms. The standard InChI is InChI=1S/C26H29FN6O2.C25H24N6O2.H2/c1-3-20(4-2)33-16-19(9-10-24(33)34)22-15-30-26(28)25(31-22)23-13-21(32-35-23)18-7-5-17(6-8-18)14-29-12-11-27;1-16-24(22-11-20(30-33-22)18-7-5-17(6-8-18)12-27-4)29-21(13-28-16)19-9-10-23(32)31(14-19)25(2,3)15-26;/h5-10,13,15-16,20,29H,3-4,11-12,14H2,1-2H3,(H2,28,30);5-11,13-14,27H,12H2,1-4H3;1H. The molecule has 4 N–H and O–H groups in total. The van der Waals surface area contributed by atoms with Gasteiger partial charge in [0.1, 0.15) is 29.3 Å². The van der Waals surface area contributed by atoms with Crippen LogP contribution in [0.1, 0.15) is 64.8 Å². The first kappa shape index (κ1) is 48.0. The van der Waals surface area contributed by atoms with Crippen molar-refractivity contribution in [3.63, 3.8) is 0 Å². The fourth-order valence-corrected chi connectivity index (χ4v) is 7.43. The Morgan fingerprint density at radius 1 is 0.750 bits per heavy atom. The van der Waals surface area contributed by atoms with Gasteiger partial charge in [0.2, 0.25) is 0 Å². The van der Waals surface area contributed by atoms with Gasteiger partial charge in [0.15, 0.2) is 23.0 Å². The van der Waals surface area contributed by atoms with Crippen LogP contribution in [0, 0.1) is 18.3 Å². The lowest BCUT2D eigenvalue weighted by Gasteiger charge is -2.19. The molecule has 0 bridgehead atoms. The maximum Gasteiger partial charge on any atom is 0.251 e. The number of alkyl halides is 1. The van der Waals surface area contributed by atoms with Crippen LogP contribution in [0.5, 0.6) is 0 Å². The number of nitrogens with zero attached hydrogens (tertiary/aromatic N) is 9. The molecule has 6 aromatic heterocycles. The van der Waals surface area contributed by atoms with E-state index >= 15 is 0 Å². The van der Waals surface area contributed by atoms with Gasteiger partial charge in [0.25, 0.3) is 11.1 Å². The van der Waals surface area contributed by atoms with Crippen molar-refractivity contribution in [2.24, 2.45) is 0 Å². The lowest BCUT2D eigenvalue weighted by Crippen LogP contribution is -2.34. The highest BCUT2D eigenvalue weighted by atomic mass is 19.1. The summed E-state index contributed by atoms with van der Waals surface area (Å²) in [6, 6.07) is 28.1. The van der Waals surface area contributed by atoms with Crippen LogP contribution < -0.4 is 27.5 Å².